The molecule has 3 rings (SSSR count). The van der Waals surface area contributed by atoms with Crippen molar-refractivity contribution in [3.63, 3.8) is 0 Å². The van der Waals surface area contributed by atoms with Gasteiger partial charge in [0.1, 0.15) is 5.82 Å². The molecule has 0 aliphatic heterocycles. The third kappa shape index (κ3) is 3.79. The SMILES string of the molecule is CC[C@H](NC(=O)Cc1c(C)n[nH]c1C)c1ncc(-c2ccccc2)[nH]1. The minimum absolute atomic E-state index is 0.0305. The Kier molecular flexibility index (Phi) is 4.97. The lowest BCUT2D eigenvalue weighted by Gasteiger charge is -2.15. The fourth-order valence-corrected chi connectivity index (χ4v) is 2.88. The lowest BCUT2D eigenvalue weighted by atomic mass is 10.1. The van der Waals surface area contributed by atoms with Crippen LogP contribution in [0.15, 0.2) is 36.5 Å². The van der Waals surface area contributed by atoms with Gasteiger partial charge in [-0.2, -0.15) is 5.10 Å². The fourth-order valence-electron chi connectivity index (χ4n) is 2.88. The summed E-state index contributed by atoms with van der Waals surface area (Å²) < 4.78 is 0. The summed E-state index contributed by atoms with van der Waals surface area (Å²) in [4.78, 5) is 20.2. The van der Waals surface area contributed by atoms with E-state index in [0.29, 0.717) is 6.42 Å². The minimum Gasteiger partial charge on any atom is -0.346 e. The molecule has 3 N–H and O–H groups in total. The molecule has 1 amide bonds. The highest BCUT2D eigenvalue weighted by Crippen LogP contribution is 2.20. The first kappa shape index (κ1) is 17.0. The summed E-state index contributed by atoms with van der Waals surface area (Å²) in [5.74, 6) is 0.743. The number of imidazole rings is 1. The second-order valence-electron chi connectivity index (χ2n) is 6.17. The largest absolute Gasteiger partial charge is 0.346 e. The molecule has 1 atom stereocenters. The summed E-state index contributed by atoms with van der Waals surface area (Å²) in [6.45, 7) is 5.87. The van der Waals surface area contributed by atoms with Crippen LogP contribution in [0.5, 0.6) is 0 Å². The van der Waals surface area contributed by atoms with Gasteiger partial charge in [-0.05, 0) is 25.8 Å². The van der Waals surface area contributed by atoms with Crippen LogP contribution in [0.25, 0.3) is 11.3 Å². The summed E-state index contributed by atoms with van der Waals surface area (Å²) >= 11 is 0. The van der Waals surface area contributed by atoms with Crippen LogP contribution in [0, 0.1) is 13.8 Å². The van der Waals surface area contributed by atoms with Crippen LogP contribution in [0.1, 0.15) is 42.2 Å². The number of benzene rings is 1. The predicted molar refractivity (Wildman–Crippen MR) is 97.0 cm³/mol. The van der Waals surface area contributed by atoms with Gasteiger partial charge in [-0.15, -0.1) is 0 Å². The van der Waals surface area contributed by atoms with Crippen LogP contribution in [-0.2, 0) is 11.2 Å². The maximum absolute atomic E-state index is 12.4. The molecule has 0 spiro atoms. The van der Waals surface area contributed by atoms with Crippen molar-refractivity contribution < 1.29 is 4.79 Å². The molecule has 0 fully saturated rings. The molecule has 2 aromatic heterocycles. The predicted octanol–water partition coefficient (Wildman–Crippen LogP) is 3.23. The number of carbonyl (C=O) groups excluding carboxylic acids is 1. The van der Waals surface area contributed by atoms with Gasteiger partial charge in [-0.1, -0.05) is 37.3 Å². The first-order valence-corrected chi connectivity index (χ1v) is 8.48. The van der Waals surface area contributed by atoms with Crippen molar-refractivity contribution in [1.82, 2.24) is 25.5 Å². The molecule has 3 aromatic rings. The quantitative estimate of drug-likeness (QED) is 0.645. The molecule has 0 saturated carbocycles. The molecule has 130 valence electrons. The van der Waals surface area contributed by atoms with E-state index in [2.05, 4.69) is 25.5 Å². The molecular weight excluding hydrogens is 314 g/mol. The number of amides is 1. The zero-order chi connectivity index (χ0) is 17.8. The van der Waals surface area contributed by atoms with Crippen molar-refractivity contribution >= 4 is 5.91 Å². The standard InChI is InChI=1S/C19H23N5O/c1-4-16(21-18(25)10-15-12(2)23-24-13(15)3)19-20-11-17(22-19)14-8-6-5-7-9-14/h5-9,11,16H,4,10H2,1-3H3,(H,20,22)(H,21,25)(H,23,24)/t16-/m0/s1. The van der Waals surface area contributed by atoms with Crippen LogP contribution in [0.4, 0.5) is 0 Å². The average Bonchev–Trinajstić information content (AvgIpc) is 3.23. The number of carbonyl (C=O) groups is 1. The summed E-state index contributed by atoms with van der Waals surface area (Å²) in [5.41, 5.74) is 4.78. The van der Waals surface area contributed by atoms with Crippen LogP contribution in [0.3, 0.4) is 0 Å². The molecule has 6 nitrogen and oxygen atoms in total. The number of aryl methyl sites for hydroxylation is 2. The van der Waals surface area contributed by atoms with Crippen molar-refractivity contribution in [1.29, 1.82) is 0 Å². The highest BCUT2D eigenvalue weighted by Gasteiger charge is 2.18. The van der Waals surface area contributed by atoms with Crippen LogP contribution < -0.4 is 5.32 Å². The third-order valence-electron chi connectivity index (χ3n) is 4.37. The molecule has 0 radical (unpaired) electrons. The lowest BCUT2D eigenvalue weighted by Crippen LogP contribution is -2.30. The topological polar surface area (TPSA) is 86.5 Å². The van der Waals surface area contributed by atoms with E-state index in [1.807, 2.05) is 57.3 Å². The van der Waals surface area contributed by atoms with Gasteiger partial charge in [-0.25, -0.2) is 4.98 Å². The Morgan fingerprint density at radius 2 is 2.00 bits per heavy atom. The molecule has 25 heavy (non-hydrogen) atoms. The fraction of sp³-hybridized carbons (Fsp3) is 0.316. The Morgan fingerprint density at radius 1 is 1.24 bits per heavy atom. The van der Waals surface area contributed by atoms with E-state index < -0.39 is 0 Å². The van der Waals surface area contributed by atoms with Gasteiger partial charge in [0.25, 0.3) is 0 Å². The molecule has 0 saturated heterocycles. The average molecular weight is 337 g/mol. The van der Waals surface area contributed by atoms with E-state index in [0.717, 1.165) is 40.5 Å². The summed E-state index contributed by atoms with van der Waals surface area (Å²) in [6.07, 6.45) is 2.89. The zero-order valence-electron chi connectivity index (χ0n) is 14.8. The van der Waals surface area contributed by atoms with Crippen molar-refractivity contribution in [3.8, 4) is 11.3 Å². The van der Waals surface area contributed by atoms with Gasteiger partial charge in [0, 0.05) is 11.3 Å². The van der Waals surface area contributed by atoms with E-state index >= 15 is 0 Å². The number of nitrogens with zero attached hydrogens (tertiary/aromatic N) is 2. The van der Waals surface area contributed by atoms with Crippen molar-refractivity contribution in [2.75, 3.05) is 0 Å². The van der Waals surface area contributed by atoms with Crippen molar-refractivity contribution in [2.24, 2.45) is 0 Å². The van der Waals surface area contributed by atoms with Gasteiger partial charge in [0.05, 0.1) is 30.0 Å². The van der Waals surface area contributed by atoms with Gasteiger partial charge < -0.3 is 10.3 Å². The Morgan fingerprint density at radius 3 is 2.64 bits per heavy atom. The monoisotopic (exact) mass is 337 g/mol. The van der Waals surface area contributed by atoms with Gasteiger partial charge in [-0.3, -0.25) is 9.89 Å². The number of rotatable bonds is 6. The number of hydrogen-bond donors (Lipinski definition) is 3. The second kappa shape index (κ2) is 7.34. The van der Waals surface area contributed by atoms with Gasteiger partial charge >= 0.3 is 0 Å². The van der Waals surface area contributed by atoms with Crippen molar-refractivity contribution in [2.45, 2.75) is 39.7 Å². The van der Waals surface area contributed by atoms with Gasteiger partial charge in [0.2, 0.25) is 5.91 Å². The highest BCUT2D eigenvalue weighted by atomic mass is 16.1. The van der Waals surface area contributed by atoms with E-state index in [9.17, 15) is 4.79 Å². The zero-order valence-corrected chi connectivity index (χ0v) is 14.8. The Hall–Kier alpha value is -2.89. The van der Waals surface area contributed by atoms with E-state index in [-0.39, 0.29) is 11.9 Å². The molecule has 1 aromatic carbocycles. The number of nitrogens with one attached hydrogen (secondary N) is 3. The van der Waals surface area contributed by atoms with Gasteiger partial charge in [0.15, 0.2) is 0 Å². The number of aromatic nitrogens is 4. The van der Waals surface area contributed by atoms with E-state index in [1.165, 1.54) is 0 Å². The summed E-state index contributed by atoms with van der Waals surface area (Å²) in [7, 11) is 0. The summed E-state index contributed by atoms with van der Waals surface area (Å²) in [5, 5.41) is 10.1. The maximum atomic E-state index is 12.4. The highest BCUT2D eigenvalue weighted by molar-refractivity contribution is 5.79. The number of H-pyrrole nitrogens is 2. The first-order chi connectivity index (χ1) is 12.1. The summed E-state index contributed by atoms with van der Waals surface area (Å²) in [6, 6.07) is 9.88. The molecule has 6 heteroatoms. The Bertz CT molecular complexity index is 830. The molecular formula is C19H23N5O. The smallest absolute Gasteiger partial charge is 0.225 e. The molecule has 2 heterocycles. The van der Waals surface area contributed by atoms with Crippen LogP contribution >= 0.6 is 0 Å². The van der Waals surface area contributed by atoms with Crippen LogP contribution in [-0.4, -0.2) is 26.1 Å². The van der Waals surface area contributed by atoms with E-state index in [4.69, 9.17) is 0 Å². The molecule has 0 aliphatic carbocycles. The molecule has 0 bridgehead atoms. The lowest BCUT2D eigenvalue weighted by molar-refractivity contribution is -0.121. The molecule has 0 unspecified atom stereocenters. The van der Waals surface area contributed by atoms with Crippen LogP contribution in [0.2, 0.25) is 0 Å². The maximum Gasteiger partial charge on any atom is 0.225 e. The molecule has 0 aliphatic rings. The second-order valence-corrected chi connectivity index (χ2v) is 6.17. The van der Waals surface area contributed by atoms with E-state index in [1.54, 1.807) is 0 Å². The normalized spacial score (nSPS) is 12.1. The van der Waals surface area contributed by atoms with Crippen molar-refractivity contribution in [3.05, 3.63) is 59.3 Å². The first-order valence-electron chi connectivity index (χ1n) is 8.48. The Balaban J connectivity index is 1.70. The minimum atomic E-state index is -0.141. The third-order valence-corrected chi connectivity index (χ3v) is 4.37. The number of aromatic amines is 2. The number of hydrogen-bond acceptors (Lipinski definition) is 3. The Labute approximate surface area is 147 Å².